The number of thioether (sulfide) groups is 1. The van der Waals surface area contributed by atoms with Crippen LogP contribution in [-0.4, -0.2) is 36.0 Å². The number of ether oxygens (including phenoxy) is 1. The molecule has 1 aliphatic carbocycles. The topological polar surface area (TPSA) is 58.6 Å². The number of hydrogen-bond donors (Lipinski definition) is 2. The van der Waals surface area contributed by atoms with Crippen molar-refractivity contribution in [2.24, 2.45) is 0 Å². The van der Waals surface area contributed by atoms with Gasteiger partial charge in [-0.05, 0) is 37.1 Å². The zero-order valence-electron chi connectivity index (χ0n) is 12.4. The number of benzene rings is 1. The van der Waals surface area contributed by atoms with Crippen molar-refractivity contribution in [2.75, 3.05) is 12.9 Å². The maximum absolute atomic E-state index is 11.4. The molecule has 0 aliphatic heterocycles. The molecule has 4 nitrogen and oxygen atoms in total. The fraction of sp³-hybridized carbons (Fsp3) is 0.562. The van der Waals surface area contributed by atoms with Crippen LogP contribution in [0.25, 0.3) is 0 Å². The third-order valence-corrected chi connectivity index (χ3v) is 4.92. The van der Waals surface area contributed by atoms with Gasteiger partial charge in [0.1, 0.15) is 11.8 Å². The number of carbonyl (C=O) groups is 1. The van der Waals surface area contributed by atoms with Crippen LogP contribution < -0.4 is 10.1 Å². The molecule has 0 unspecified atom stereocenters. The first-order valence-corrected chi connectivity index (χ1v) is 8.43. The van der Waals surface area contributed by atoms with Gasteiger partial charge in [0.05, 0.1) is 7.11 Å². The molecule has 0 radical (unpaired) electrons. The van der Waals surface area contributed by atoms with E-state index in [1.807, 2.05) is 24.3 Å². The molecule has 1 aromatic carbocycles. The minimum Gasteiger partial charge on any atom is -0.497 e. The van der Waals surface area contributed by atoms with Crippen LogP contribution in [0.1, 0.15) is 32.1 Å². The summed E-state index contributed by atoms with van der Waals surface area (Å²) in [7, 11) is 1.64. The number of aliphatic carboxylic acids is 1. The lowest BCUT2D eigenvalue weighted by Gasteiger charge is -2.26. The van der Waals surface area contributed by atoms with Crippen molar-refractivity contribution >= 4 is 17.7 Å². The summed E-state index contributed by atoms with van der Waals surface area (Å²) < 4.78 is 5.12. The second-order valence-corrected chi connectivity index (χ2v) is 6.47. The molecule has 2 N–H and O–H groups in total. The van der Waals surface area contributed by atoms with Crippen molar-refractivity contribution < 1.29 is 14.6 Å². The molecular formula is C16H23NO3S. The predicted octanol–water partition coefficient (Wildman–Crippen LogP) is 3.16. The number of carboxylic acids is 1. The molecule has 1 aliphatic rings. The second kappa shape index (κ2) is 8.29. The van der Waals surface area contributed by atoms with E-state index in [9.17, 15) is 9.90 Å². The molecule has 0 spiro atoms. The first-order chi connectivity index (χ1) is 10.2. The average molecular weight is 309 g/mol. The smallest absolute Gasteiger partial charge is 0.321 e. The van der Waals surface area contributed by atoms with E-state index in [2.05, 4.69) is 5.32 Å². The van der Waals surface area contributed by atoms with E-state index < -0.39 is 12.0 Å². The summed E-state index contributed by atoms with van der Waals surface area (Å²) in [5, 5.41) is 12.7. The molecule has 0 amide bonds. The van der Waals surface area contributed by atoms with E-state index in [-0.39, 0.29) is 0 Å². The van der Waals surface area contributed by atoms with E-state index in [0.717, 1.165) is 23.5 Å². The van der Waals surface area contributed by atoms with Crippen LogP contribution >= 0.6 is 11.8 Å². The van der Waals surface area contributed by atoms with Gasteiger partial charge in [-0.2, -0.15) is 0 Å². The van der Waals surface area contributed by atoms with E-state index in [1.54, 1.807) is 18.9 Å². The lowest BCUT2D eigenvalue weighted by Crippen LogP contribution is -2.45. The Morgan fingerprint density at radius 2 is 2.00 bits per heavy atom. The highest BCUT2D eigenvalue weighted by Crippen LogP contribution is 2.23. The quantitative estimate of drug-likeness (QED) is 0.758. The first-order valence-electron chi connectivity index (χ1n) is 7.45. The molecule has 1 atom stereocenters. The summed E-state index contributed by atoms with van der Waals surface area (Å²) in [5.74, 6) is 0.592. The molecule has 0 aromatic heterocycles. The minimum absolute atomic E-state index is 0.358. The van der Waals surface area contributed by atoms with E-state index >= 15 is 0 Å². The Hall–Kier alpha value is -1.20. The van der Waals surface area contributed by atoms with Crippen molar-refractivity contribution in [1.82, 2.24) is 5.32 Å². The van der Waals surface area contributed by atoms with Crippen LogP contribution in [0.2, 0.25) is 0 Å². The Balaban J connectivity index is 1.85. The Bertz CT molecular complexity index is 443. The Kier molecular flexibility index (Phi) is 6.39. The Labute approximate surface area is 130 Å². The molecule has 21 heavy (non-hydrogen) atoms. The van der Waals surface area contributed by atoms with Crippen LogP contribution in [0.15, 0.2) is 29.2 Å². The monoisotopic (exact) mass is 309 g/mol. The molecule has 5 heteroatoms. The minimum atomic E-state index is -0.762. The van der Waals surface area contributed by atoms with Gasteiger partial charge in [0, 0.05) is 16.7 Å². The lowest BCUT2D eigenvalue weighted by molar-refractivity contribution is -0.139. The van der Waals surface area contributed by atoms with Gasteiger partial charge in [0.15, 0.2) is 0 Å². The Morgan fingerprint density at radius 1 is 1.33 bits per heavy atom. The summed E-state index contributed by atoms with van der Waals surface area (Å²) in [4.78, 5) is 12.5. The zero-order valence-corrected chi connectivity index (χ0v) is 13.2. The summed E-state index contributed by atoms with van der Waals surface area (Å²) in [5.41, 5.74) is 0. The van der Waals surface area contributed by atoms with Crippen molar-refractivity contribution in [3.05, 3.63) is 24.3 Å². The van der Waals surface area contributed by atoms with Crippen molar-refractivity contribution in [3.8, 4) is 5.75 Å². The van der Waals surface area contributed by atoms with Gasteiger partial charge in [0.25, 0.3) is 0 Å². The van der Waals surface area contributed by atoms with Gasteiger partial charge in [-0.1, -0.05) is 19.3 Å². The highest BCUT2D eigenvalue weighted by molar-refractivity contribution is 7.99. The van der Waals surface area contributed by atoms with E-state index in [4.69, 9.17) is 4.74 Å². The fourth-order valence-corrected chi connectivity index (χ4v) is 3.52. The normalized spacial score (nSPS) is 17.4. The lowest BCUT2D eigenvalue weighted by atomic mass is 9.95. The van der Waals surface area contributed by atoms with Gasteiger partial charge < -0.3 is 15.2 Å². The van der Waals surface area contributed by atoms with Crippen molar-refractivity contribution in [1.29, 1.82) is 0 Å². The number of rotatable bonds is 7. The number of methoxy groups -OCH3 is 1. The van der Waals surface area contributed by atoms with Crippen LogP contribution in [0.4, 0.5) is 0 Å². The van der Waals surface area contributed by atoms with Gasteiger partial charge in [0.2, 0.25) is 0 Å². The maximum Gasteiger partial charge on any atom is 0.321 e. The summed E-state index contributed by atoms with van der Waals surface area (Å²) in [6, 6.07) is 7.59. The molecule has 0 saturated heterocycles. The average Bonchev–Trinajstić information content (AvgIpc) is 2.52. The molecule has 116 valence electrons. The molecule has 1 saturated carbocycles. The predicted molar refractivity (Wildman–Crippen MR) is 85.2 cm³/mol. The molecule has 0 heterocycles. The largest absolute Gasteiger partial charge is 0.497 e. The number of nitrogens with one attached hydrogen (secondary N) is 1. The highest BCUT2D eigenvalue weighted by atomic mass is 32.2. The highest BCUT2D eigenvalue weighted by Gasteiger charge is 2.23. The van der Waals surface area contributed by atoms with Gasteiger partial charge in [-0.15, -0.1) is 11.8 Å². The van der Waals surface area contributed by atoms with E-state index in [1.165, 1.54) is 19.3 Å². The van der Waals surface area contributed by atoms with Crippen LogP contribution in [0, 0.1) is 0 Å². The fourth-order valence-electron chi connectivity index (χ4n) is 2.60. The van der Waals surface area contributed by atoms with Gasteiger partial charge in [-0.25, -0.2) is 0 Å². The van der Waals surface area contributed by atoms with Crippen molar-refractivity contribution in [3.63, 3.8) is 0 Å². The van der Waals surface area contributed by atoms with Gasteiger partial charge >= 0.3 is 5.97 Å². The molecule has 2 rings (SSSR count). The zero-order chi connectivity index (χ0) is 15.1. The molecular weight excluding hydrogens is 286 g/mol. The SMILES string of the molecule is COc1ccc(SC[C@H](NC2CCCCC2)C(=O)O)cc1. The third-order valence-electron chi connectivity index (χ3n) is 3.82. The standard InChI is InChI=1S/C16H23NO3S/c1-20-13-7-9-14(10-8-13)21-11-15(16(18)19)17-12-5-3-2-4-6-12/h7-10,12,15,17H,2-6,11H2,1H3,(H,18,19)/t15-/m0/s1. The summed E-state index contributed by atoms with van der Waals surface area (Å²) in [6.07, 6.45) is 5.87. The summed E-state index contributed by atoms with van der Waals surface area (Å²) in [6.45, 7) is 0. The molecule has 0 bridgehead atoms. The number of hydrogen-bond acceptors (Lipinski definition) is 4. The maximum atomic E-state index is 11.4. The molecule has 1 fully saturated rings. The van der Waals surface area contributed by atoms with Crippen molar-refractivity contribution in [2.45, 2.75) is 49.1 Å². The number of carboxylic acid groups (broad SMARTS) is 1. The third kappa shape index (κ3) is 5.25. The summed E-state index contributed by atoms with van der Waals surface area (Å²) >= 11 is 1.57. The Morgan fingerprint density at radius 3 is 2.57 bits per heavy atom. The first kappa shape index (κ1) is 16.2. The molecule has 1 aromatic rings. The second-order valence-electron chi connectivity index (χ2n) is 5.38. The van der Waals surface area contributed by atoms with Crippen LogP contribution in [0.3, 0.4) is 0 Å². The van der Waals surface area contributed by atoms with Crippen LogP contribution in [-0.2, 0) is 4.79 Å². The van der Waals surface area contributed by atoms with Crippen LogP contribution in [0.5, 0.6) is 5.75 Å². The van der Waals surface area contributed by atoms with E-state index in [0.29, 0.717) is 11.8 Å². The van der Waals surface area contributed by atoms with Gasteiger partial charge in [-0.3, -0.25) is 4.79 Å².